The number of hydrogen-bond donors (Lipinski definition) is 1. The smallest absolute Gasteiger partial charge is 0.150 e. The highest BCUT2D eigenvalue weighted by molar-refractivity contribution is 5.83. The van der Waals surface area contributed by atoms with Gasteiger partial charge in [-0.15, -0.1) is 11.8 Å². The number of hydrogen-bond acceptors (Lipinski definition) is 2. The first-order valence-corrected chi connectivity index (χ1v) is 3.82. The first-order valence-electron chi connectivity index (χ1n) is 3.82. The lowest BCUT2D eigenvalue weighted by atomic mass is 10.1. The van der Waals surface area contributed by atoms with Crippen LogP contribution in [0.4, 0.5) is 0 Å². The summed E-state index contributed by atoms with van der Waals surface area (Å²) in [5.41, 5.74) is 0. The van der Waals surface area contributed by atoms with Crippen LogP contribution in [0.15, 0.2) is 0 Å². The van der Waals surface area contributed by atoms with Crippen molar-refractivity contribution < 1.29 is 4.79 Å². The largest absolute Gasteiger partial charge is 0.311 e. The molecule has 0 bridgehead atoms. The highest BCUT2D eigenvalue weighted by atomic mass is 16.1. The van der Waals surface area contributed by atoms with Crippen molar-refractivity contribution >= 4 is 5.78 Å². The summed E-state index contributed by atoms with van der Waals surface area (Å²) in [5, 5.41) is 2.89. The van der Waals surface area contributed by atoms with Crippen LogP contribution in [0.5, 0.6) is 0 Å². The molecule has 0 aliphatic heterocycles. The van der Waals surface area contributed by atoms with Crippen LogP contribution in [-0.2, 0) is 4.79 Å². The van der Waals surface area contributed by atoms with Crippen LogP contribution in [0.1, 0.15) is 26.7 Å². The maximum Gasteiger partial charge on any atom is 0.150 e. The van der Waals surface area contributed by atoms with Gasteiger partial charge in [0, 0.05) is 12.8 Å². The monoisotopic (exact) mass is 153 g/mol. The summed E-state index contributed by atoms with van der Waals surface area (Å²) in [7, 11) is 1.79. The zero-order valence-corrected chi connectivity index (χ0v) is 7.40. The molecule has 0 aromatic heterocycles. The SMILES string of the molecule is CC#CCCC(=O)C(C)NC. The fraction of sp³-hybridized carbons (Fsp3) is 0.667. The van der Waals surface area contributed by atoms with E-state index in [1.165, 1.54) is 0 Å². The van der Waals surface area contributed by atoms with Gasteiger partial charge >= 0.3 is 0 Å². The van der Waals surface area contributed by atoms with E-state index in [2.05, 4.69) is 17.2 Å². The fourth-order valence-electron chi connectivity index (χ4n) is 0.688. The minimum atomic E-state index is -0.0337. The molecule has 0 fully saturated rings. The van der Waals surface area contributed by atoms with Crippen LogP contribution < -0.4 is 5.32 Å². The number of likely N-dealkylation sites (N-methyl/N-ethyl adjacent to an activating group) is 1. The molecule has 1 N–H and O–H groups in total. The quantitative estimate of drug-likeness (QED) is 0.610. The molecule has 0 saturated carbocycles. The number of Topliss-reactive ketones (excluding diaryl/α,β-unsaturated/α-hetero) is 1. The molecule has 0 heterocycles. The Bertz CT molecular complexity index is 176. The van der Waals surface area contributed by atoms with Crippen LogP contribution in [0.3, 0.4) is 0 Å². The summed E-state index contributed by atoms with van der Waals surface area (Å²) in [6, 6.07) is -0.0337. The van der Waals surface area contributed by atoms with E-state index < -0.39 is 0 Å². The Morgan fingerprint density at radius 2 is 2.27 bits per heavy atom. The average Bonchev–Trinajstić information content (AvgIpc) is 2.03. The Kier molecular flexibility index (Phi) is 5.50. The normalized spacial score (nSPS) is 11.5. The van der Waals surface area contributed by atoms with Gasteiger partial charge in [-0.05, 0) is 20.9 Å². The topological polar surface area (TPSA) is 29.1 Å². The molecule has 1 unspecified atom stereocenters. The molecule has 2 heteroatoms. The van der Waals surface area contributed by atoms with Crippen LogP contribution in [-0.4, -0.2) is 18.9 Å². The molecule has 0 radical (unpaired) electrons. The Balaban J connectivity index is 3.57. The first-order chi connectivity index (χ1) is 5.22. The summed E-state index contributed by atoms with van der Waals surface area (Å²) in [5.74, 6) is 5.85. The molecule has 0 aliphatic rings. The summed E-state index contributed by atoms with van der Waals surface area (Å²) in [6.45, 7) is 3.65. The van der Waals surface area contributed by atoms with Gasteiger partial charge in [0.1, 0.15) is 5.78 Å². The molecule has 1 atom stereocenters. The number of nitrogens with one attached hydrogen (secondary N) is 1. The van der Waals surface area contributed by atoms with Crippen LogP contribution in [0.25, 0.3) is 0 Å². The fourth-order valence-corrected chi connectivity index (χ4v) is 0.688. The van der Waals surface area contributed by atoms with Crippen LogP contribution >= 0.6 is 0 Å². The van der Waals surface area contributed by atoms with E-state index in [9.17, 15) is 4.79 Å². The molecule has 62 valence electrons. The summed E-state index contributed by atoms with van der Waals surface area (Å²) >= 11 is 0. The predicted molar refractivity (Wildman–Crippen MR) is 46.2 cm³/mol. The molecule has 0 aromatic carbocycles. The molecular weight excluding hydrogens is 138 g/mol. The number of carbonyl (C=O) groups excluding carboxylic acids is 1. The van der Waals surface area contributed by atoms with Gasteiger partial charge in [0.15, 0.2) is 0 Å². The number of ketones is 1. The van der Waals surface area contributed by atoms with Gasteiger partial charge < -0.3 is 5.32 Å². The lowest BCUT2D eigenvalue weighted by Gasteiger charge is -2.06. The molecule has 2 nitrogen and oxygen atoms in total. The molecule has 0 amide bonds. The van der Waals surface area contributed by atoms with E-state index in [1.807, 2.05) is 6.92 Å². The molecule has 0 aromatic rings. The zero-order valence-electron chi connectivity index (χ0n) is 7.40. The highest BCUT2D eigenvalue weighted by Gasteiger charge is 2.07. The van der Waals surface area contributed by atoms with Crippen molar-refractivity contribution in [3.8, 4) is 11.8 Å². The Morgan fingerprint density at radius 3 is 2.73 bits per heavy atom. The van der Waals surface area contributed by atoms with Gasteiger partial charge in [0.05, 0.1) is 6.04 Å². The highest BCUT2D eigenvalue weighted by Crippen LogP contribution is 1.93. The van der Waals surface area contributed by atoms with Crippen molar-refractivity contribution in [1.29, 1.82) is 0 Å². The van der Waals surface area contributed by atoms with Gasteiger partial charge in [0.2, 0.25) is 0 Å². The van der Waals surface area contributed by atoms with E-state index in [-0.39, 0.29) is 11.8 Å². The standard InChI is InChI=1S/C9H15NO/c1-4-5-6-7-9(11)8(2)10-3/h8,10H,6-7H2,1-3H3. The Morgan fingerprint density at radius 1 is 1.64 bits per heavy atom. The van der Waals surface area contributed by atoms with E-state index in [1.54, 1.807) is 14.0 Å². The van der Waals surface area contributed by atoms with Gasteiger partial charge in [-0.25, -0.2) is 0 Å². The van der Waals surface area contributed by atoms with E-state index in [4.69, 9.17) is 0 Å². The molecular formula is C9H15NO. The van der Waals surface area contributed by atoms with Crippen molar-refractivity contribution in [2.45, 2.75) is 32.7 Å². The second-order valence-electron chi connectivity index (χ2n) is 2.40. The van der Waals surface area contributed by atoms with E-state index in [0.717, 1.165) is 0 Å². The lowest BCUT2D eigenvalue weighted by molar-refractivity contribution is -0.120. The second-order valence-corrected chi connectivity index (χ2v) is 2.40. The minimum Gasteiger partial charge on any atom is -0.311 e. The van der Waals surface area contributed by atoms with E-state index >= 15 is 0 Å². The number of rotatable bonds is 4. The van der Waals surface area contributed by atoms with Crippen molar-refractivity contribution in [2.75, 3.05) is 7.05 Å². The summed E-state index contributed by atoms with van der Waals surface area (Å²) in [6.07, 6.45) is 1.24. The van der Waals surface area contributed by atoms with Gasteiger partial charge in [-0.2, -0.15) is 0 Å². The van der Waals surface area contributed by atoms with Gasteiger partial charge in [-0.3, -0.25) is 4.79 Å². The van der Waals surface area contributed by atoms with Crippen molar-refractivity contribution in [2.24, 2.45) is 0 Å². The van der Waals surface area contributed by atoms with Crippen molar-refractivity contribution in [1.82, 2.24) is 5.32 Å². The second kappa shape index (κ2) is 5.94. The lowest BCUT2D eigenvalue weighted by Crippen LogP contribution is -2.30. The maximum atomic E-state index is 11.1. The van der Waals surface area contributed by atoms with Crippen LogP contribution in [0.2, 0.25) is 0 Å². The third kappa shape index (κ3) is 4.58. The van der Waals surface area contributed by atoms with Gasteiger partial charge in [0.25, 0.3) is 0 Å². The maximum absolute atomic E-state index is 11.1. The average molecular weight is 153 g/mol. The van der Waals surface area contributed by atoms with Crippen LogP contribution in [0, 0.1) is 11.8 Å². The van der Waals surface area contributed by atoms with Crippen molar-refractivity contribution in [3.05, 3.63) is 0 Å². The third-order valence-corrected chi connectivity index (χ3v) is 1.59. The first kappa shape index (κ1) is 10.2. The zero-order chi connectivity index (χ0) is 8.69. The number of carbonyl (C=O) groups is 1. The Hall–Kier alpha value is -0.810. The summed E-state index contributed by atoms with van der Waals surface area (Å²) < 4.78 is 0. The molecule has 11 heavy (non-hydrogen) atoms. The predicted octanol–water partition coefficient (Wildman–Crippen LogP) is 0.967. The third-order valence-electron chi connectivity index (χ3n) is 1.59. The summed E-state index contributed by atoms with van der Waals surface area (Å²) in [4.78, 5) is 11.1. The molecule has 0 spiro atoms. The van der Waals surface area contributed by atoms with Crippen molar-refractivity contribution in [3.63, 3.8) is 0 Å². The molecule has 0 saturated heterocycles. The van der Waals surface area contributed by atoms with Gasteiger partial charge in [-0.1, -0.05) is 0 Å². The minimum absolute atomic E-state index is 0.0337. The molecule has 0 rings (SSSR count). The Labute approximate surface area is 68.4 Å². The molecule has 0 aliphatic carbocycles. The van der Waals surface area contributed by atoms with E-state index in [0.29, 0.717) is 12.8 Å².